The van der Waals surface area contributed by atoms with E-state index in [0.717, 1.165) is 10.6 Å². The summed E-state index contributed by atoms with van der Waals surface area (Å²) in [5.41, 5.74) is 0.929. The number of nitrogens with zero attached hydrogens (tertiary/aromatic N) is 3. The Balaban J connectivity index is 1.53. The summed E-state index contributed by atoms with van der Waals surface area (Å²) in [6.45, 7) is 2.14. The minimum absolute atomic E-state index is 0.119. The average Bonchev–Trinajstić information content (AvgIpc) is 3.38. The van der Waals surface area contributed by atoms with Gasteiger partial charge in [-0.15, -0.1) is 11.3 Å². The van der Waals surface area contributed by atoms with Crippen LogP contribution in [0.5, 0.6) is 11.5 Å². The number of ether oxygens (including phenoxy) is 2. The maximum Gasteiger partial charge on any atom is 0.279 e. The van der Waals surface area contributed by atoms with Crippen molar-refractivity contribution < 1.29 is 27.2 Å². The summed E-state index contributed by atoms with van der Waals surface area (Å²) >= 11 is 1.24. The number of benzene rings is 1. The molecule has 3 aromatic rings. The molecule has 1 N–H and O–H groups in total. The number of hydrogen-bond donors (Lipinski definition) is 1. The third-order valence-corrected chi connectivity index (χ3v) is 7.61. The van der Waals surface area contributed by atoms with Gasteiger partial charge in [0, 0.05) is 30.0 Å². The molecule has 0 atom stereocenters. The number of nitrogens with one attached hydrogen (secondary N) is 1. The molecule has 0 radical (unpaired) electrons. The van der Waals surface area contributed by atoms with Crippen LogP contribution in [0.1, 0.15) is 26.8 Å². The first-order chi connectivity index (χ1) is 14.8. The number of sulfonamides is 1. The normalized spacial score (nSPS) is 14.2. The zero-order valence-electron chi connectivity index (χ0n) is 17.0. The zero-order valence-corrected chi connectivity index (χ0v) is 18.7. The van der Waals surface area contributed by atoms with Crippen molar-refractivity contribution in [3.63, 3.8) is 0 Å². The Kier molecular flexibility index (Phi) is 5.69. The molecule has 1 aromatic carbocycles. The predicted octanol–water partition coefficient (Wildman–Crippen LogP) is 2.46. The van der Waals surface area contributed by atoms with Gasteiger partial charge in [-0.3, -0.25) is 10.1 Å². The van der Waals surface area contributed by atoms with Crippen molar-refractivity contribution in [2.24, 2.45) is 0 Å². The van der Waals surface area contributed by atoms with Crippen LogP contribution in [0.2, 0.25) is 0 Å². The molecule has 12 heteroatoms. The number of methoxy groups -OCH3 is 2. The number of hydrogen-bond acceptors (Lipinski definition) is 9. The second-order valence-corrected chi connectivity index (χ2v) is 9.79. The van der Waals surface area contributed by atoms with E-state index < -0.39 is 15.9 Å². The zero-order chi connectivity index (χ0) is 22.2. The topological polar surface area (TPSA) is 124 Å². The van der Waals surface area contributed by atoms with Crippen molar-refractivity contribution in [1.29, 1.82) is 0 Å². The van der Waals surface area contributed by atoms with E-state index in [1.165, 1.54) is 48.1 Å². The van der Waals surface area contributed by atoms with Gasteiger partial charge in [-0.05, 0) is 19.1 Å². The lowest BCUT2D eigenvalue weighted by molar-refractivity contribution is 0.101. The summed E-state index contributed by atoms with van der Waals surface area (Å²) < 4.78 is 43.0. The highest BCUT2D eigenvalue weighted by Crippen LogP contribution is 2.34. The number of amides is 1. The Hall–Kier alpha value is -2.96. The predicted molar refractivity (Wildman–Crippen MR) is 112 cm³/mol. The summed E-state index contributed by atoms with van der Waals surface area (Å²) in [6.07, 6.45) is 0.442. The number of carbonyl (C=O) groups excluding carboxylic acids is 1. The van der Waals surface area contributed by atoms with Gasteiger partial charge in [0.2, 0.25) is 10.0 Å². The van der Waals surface area contributed by atoms with Crippen LogP contribution in [-0.2, 0) is 23.0 Å². The van der Waals surface area contributed by atoms with Crippen LogP contribution in [0.3, 0.4) is 0 Å². The van der Waals surface area contributed by atoms with Gasteiger partial charge in [0.1, 0.15) is 5.76 Å². The lowest BCUT2D eigenvalue weighted by atomic mass is 10.2. The number of thiazole rings is 1. The Morgan fingerprint density at radius 3 is 2.68 bits per heavy atom. The first-order valence-electron chi connectivity index (χ1n) is 9.27. The highest BCUT2D eigenvalue weighted by atomic mass is 32.2. The molecule has 4 rings (SSSR count). The second-order valence-electron chi connectivity index (χ2n) is 6.77. The lowest BCUT2D eigenvalue weighted by Gasteiger charge is -2.25. The van der Waals surface area contributed by atoms with E-state index in [0.29, 0.717) is 28.8 Å². The molecule has 1 aliphatic heterocycles. The Morgan fingerprint density at radius 2 is 2.00 bits per heavy atom. The van der Waals surface area contributed by atoms with Crippen LogP contribution >= 0.6 is 11.3 Å². The first kappa shape index (κ1) is 21.3. The maximum absolute atomic E-state index is 13.2. The van der Waals surface area contributed by atoms with Gasteiger partial charge in [-0.2, -0.15) is 4.31 Å². The summed E-state index contributed by atoms with van der Waals surface area (Å²) in [5, 5.41) is 6.76. The van der Waals surface area contributed by atoms with Crippen molar-refractivity contribution in [3.05, 3.63) is 46.3 Å². The number of aryl methyl sites for hydroxylation is 1. The van der Waals surface area contributed by atoms with Gasteiger partial charge in [0.25, 0.3) is 5.91 Å². The maximum atomic E-state index is 13.2. The number of anilines is 1. The third-order valence-electron chi connectivity index (χ3n) is 4.77. The summed E-state index contributed by atoms with van der Waals surface area (Å²) in [7, 11) is -0.808. The van der Waals surface area contributed by atoms with Gasteiger partial charge >= 0.3 is 0 Å². The number of carbonyl (C=O) groups is 1. The smallest absolute Gasteiger partial charge is 0.279 e. The highest BCUT2D eigenvalue weighted by molar-refractivity contribution is 7.89. The molecular formula is C19H20N4O6S2. The van der Waals surface area contributed by atoms with Crippen LogP contribution in [-0.4, -0.2) is 49.5 Å². The molecule has 1 amide bonds. The summed E-state index contributed by atoms with van der Waals surface area (Å²) in [5.74, 6) is 0.886. The van der Waals surface area contributed by atoms with E-state index in [4.69, 9.17) is 14.0 Å². The summed E-state index contributed by atoms with van der Waals surface area (Å²) in [6, 6.07) is 6.03. The third kappa shape index (κ3) is 4.13. The second kappa shape index (κ2) is 8.29. The fraction of sp³-hybridized carbons (Fsp3) is 0.316. The van der Waals surface area contributed by atoms with E-state index in [-0.39, 0.29) is 23.7 Å². The quantitative estimate of drug-likeness (QED) is 0.590. The molecule has 0 aliphatic carbocycles. The van der Waals surface area contributed by atoms with E-state index >= 15 is 0 Å². The van der Waals surface area contributed by atoms with Crippen molar-refractivity contribution in [2.45, 2.75) is 24.8 Å². The Labute approximate surface area is 182 Å². The van der Waals surface area contributed by atoms with Crippen LogP contribution in [0, 0.1) is 6.92 Å². The molecule has 0 bridgehead atoms. The minimum Gasteiger partial charge on any atom is -0.493 e. The van der Waals surface area contributed by atoms with Crippen LogP contribution in [0.15, 0.2) is 33.7 Å². The minimum atomic E-state index is -3.75. The monoisotopic (exact) mass is 464 g/mol. The van der Waals surface area contributed by atoms with Crippen molar-refractivity contribution in [1.82, 2.24) is 14.4 Å². The largest absolute Gasteiger partial charge is 0.493 e. The molecule has 0 fully saturated rings. The van der Waals surface area contributed by atoms with Gasteiger partial charge < -0.3 is 14.0 Å². The molecule has 1 aliphatic rings. The average molecular weight is 465 g/mol. The molecule has 2 aromatic heterocycles. The number of aromatic nitrogens is 2. The number of fused-ring (bicyclic) bond motifs is 1. The van der Waals surface area contributed by atoms with Crippen molar-refractivity contribution >= 4 is 32.4 Å². The highest BCUT2D eigenvalue weighted by Gasteiger charge is 2.31. The van der Waals surface area contributed by atoms with E-state index in [2.05, 4.69) is 15.5 Å². The van der Waals surface area contributed by atoms with Gasteiger partial charge in [-0.25, -0.2) is 13.4 Å². The molecular weight excluding hydrogens is 444 g/mol. The SMILES string of the molecule is COc1ccc(S(=O)(=O)N2CCc3nc(NC(=O)c4cc(C)on4)sc3C2)cc1OC. The molecule has 0 unspecified atom stereocenters. The fourth-order valence-electron chi connectivity index (χ4n) is 3.19. The van der Waals surface area contributed by atoms with E-state index in [1.807, 2.05) is 0 Å². The van der Waals surface area contributed by atoms with Crippen LogP contribution < -0.4 is 14.8 Å². The molecule has 0 spiro atoms. The molecule has 10 nitrogen and oxygen atoms in total. The van der Waals surface area contributed by atoms with Crippen molar-refractivity contribution in [3.8, 4) is 11.5 Å². The first-order valence-corrected chi connectivity index (χ1v) is 11.5. The summed E-state index contributed by atoms with van der Waals surface area (Å²) in [4.78, 5) is 17.6. The fourth-order valence-corrected chi connectivity index (χ4v) is 5.72. The molecule has 0 saturated heterocycles. The molecule has 31 heavy (non-hydrogen) atoms. The van der Waals surface area contributed by atoms with Crippen LogP contribution in [0.4, 0.5) is 5.13 Å². The van der Waals surface area contributed by atoms with Gasteiger partial charge in [-0.1, -0.05) is 5.16 Å². The number of rotatable bonds is 6. The Bertz CT molecular complexity index is 1230. The van der Waals surface area contributed by atoms with Crippen LogP contribution in [0.25, 0.3) is 0 Å². The van der Waals surface area contributed by atoms with E-state index in [9.17, 15) is 13.2 Å². The van der Waals surface area contributed by atoms with Gasteiger partial charge in [0.15, 0.2) is 22.3 Å². The Morgan fingerprint density at radius 1 is 1.23 bits per heavy atom. The van der Waals surface area contributed by atoms with E-state index in [1.54, 1.807) is 13.0 Å². The molecule has 164 valence electrons. The van der Waals surface area contributed by atoms with Crippen molar-refractivity contribution in [2.75, 3.05) is 26.1 Å². The molecule has 3 heterocycles. The standard InChI is InChI=1S/C19H20N4O6S2/c1-11-8-14(22-29-11)18(24)21-19-20-13-6-7-23(10-17(13)30-19)31(25,26)12-4-5-15(27-2)16(9-12)28-3/h4-5,8-9H,6-7,10H2,1-3H3,(H,20,21,24). The molecule has 0 saturated carbocycles. The van der Waals surface area contributed by atoms with Gasteiger partial charge in [0.05, 0.1) is 31.4 Å². The lowest BCUT2D eigenvalue weighted by Crippen LogP contribution is -2.35.